The minimum absolute atomic E-state index is 0.195. The van der Waals surface area contributed by atoms with Gasteiger partial charge in [0.2, 0.25) is 5.16 Å². The van der Waals surface area contributed by atoms with Gasteiger partial charge in [0.05, 0.1) is 11.9 Å². The molecule has 0 amide bonds. The summed E-state index contributed by atoms with van der Waals surface area (Å²) in [6, 6.07) is 0. The Bertz CT molecular complexity index is 335. The van der Waals surface area contributed by atoms with Crippen LogP contribution in [0.3, 0.4) is 0 Å². The van der Waals surface area contributed by atoms with E-state index in [1.54, 1.807) is 0 Å². The third-order valence-corrected chi connectivity index (χ3v) is 3.76. The quantitative estimate of drug-likeness (QED) is 0.555. The molecular weight excluding hydrogens is 260 g/mol. The summed E-state index contributed by atoms with van der Waals surface area (Å²) in [6.45, 7) is 0. The molecule has 0 unspecified atom stereocenters. The minimum Gasteiger partial charge on any atom is -0.549 e. The van der Waals surface area contributed by atoms with E-state index < -0.39 is 11.9 Å². The van der Waals surface area contributed by atoms with E-state index >= 15 is 0 Å². The van der Waals surface area contributed by atoms with Crippen LogP contribution in [0.2, 0.25) is 0 Å². The Morgan fingerprint density at radius 3 is 2.40 bits per heavy atom. The fourth-order valence-corrected chi connectivity index (χ4v) is 2.62. The minimum atomic E-state index is -1.20. The van der Waals surface area contributed by atoms with Gasteiger partial charge in [-0.25, -0.2) is 4.98 Å². The molecule has 0 saturated heterocycles. The SMILES string of the molecule is O=C([O-])CSc1nsc(SCC(=O)[O-])n1. The molecule has 1 rings (SSSR count). The number of hydrogen-bond donors (Lipinski definition) is 0. The van der Waals surface area contributed by atoms with Crippen molar-refractivity contribution in [2.24, 2.45) is 0 Å². The van der Waals surface area contributed by atoms with Crippen LogP contribution in [-0.4, -0.2) is 32.8 Å². The maximum atomic E-state index is 10.1. The van der Waals surface area contributed by atoms with Gasteiger partial charge in [0.25, 0.3) is 0 Å². The fraction of sp³-hybridized carbons (Fsp3) is 0.333. The number of hydrogen-bond acceptors (Lipinski definition) is 9. The molecule has 9 heteroatoms. The summed E-state index contributed by atoms with van der Waals surface area (Å²) in [4.78, 5) is 24.2. The van der Waals surface area contributed by atoms with Crippen molar-refractivity contribution in [1.29, 1.82) is 0 Å². The Hall–Kier alpha value is -0.800. The molecule has 0 fully saturated rings. The Labute approximate surface area is 97.3 Å². The van der Waals surface area contributed by atoms with E-state index in [0.717, 1.165) is 35.1 Å². The summed E-state index contributed by atoms with van der Waals surface area (Å²) in [5, 5.41) is 20.6. The summed E-state index contributed by atoms with van der Waals surface area (Å²) in [6.07, 6.45) is 0. The van der Waals surface area contributed by atoms with Gasteiger partial charge in [0.1, 0.15) is 0 Å². The Balaban J connectivity index is 2.41. The molecule has 0 aliphatic carbocycles. The average molecular weight is 264 g/mol. The number of rotatable bonds is 6. The van der Waals surface area contributed by atoms with E-state index in [9.17, 15) is 19.8 Å². The highest BCUT2D eigenvalue weighted by Crippen LogP contribution is 2.23. The van der Waals surface area contributed by atoms with Gasteiger partial charge < -0.3 is 19.8 Å². The third-order valence-electron chi connectivity index (χ3n) is 1.02. The lowest BCUT2D eigenvalue weighted by molar-refractivity contribution is -0.302. The van der Waals surface area contributed by atoms with Crippen LogP contribution >= 0.6 is 35.1 Å². The lowest BCUT2D eigenvalue weighted by Crippen LogP contribution is -2.24. The van der Waals surface area contributed by atoms with E-state index in [1.165, 1.54) is 0 Å². The molecule has 0 spiro atoms. The molecule has 0 atom stereocenters. The first-order valence-corrected chi connectivity index (χ1v) is 6.31. The summed E-state index contributed by atoms with van der Waals surface area (Å²) in [7, 11) is 0. The zero-order valence-electron chi connectivity index (χ0n) is 7.17. The monoisotopic (exact) mass is 264 g/mol. The van der Waals surface area contributed by atoms with E-state index in [-0.39, 0.29) is 11.5 Å². The molecule has 6 nitrogen and oxygen atoms in total. The van der Waals surface area contributed by atoms with Crippen molar-refractivity contribution in [1.82, 2.24) is 9.36 Å². The largest absolute Gasteiger partial charge is 0.549 e. The number of carbonyl (C=O) groups is 2. The standard InChI is InChI=1S/C6H6N2O4S3/c9-3(10)1-13-5-7-6(15-8-5)14-2-4(11)12/h1-2H2,(H,9,10)(H,11,12)/p-2. The van der Waals surface area contributed by atoms with E-state index in [2.05, 4.69) is 9.36 Å². The van der Waals surface area contributed by atoms with Gasteiger partial charge >= 0.3 is 0 Å². The summed E-state index contributed by atoms with van der Waals surface area (Å²) >= 11 is 2.94. The van der Waals surface area contributed by atoms with E-state index in [0.29, 0.717) is 9.50 Å². The maximum absolute atomic E-state index is 10.1. The second kappa shape index (κ2) is 5.93. The summed E-state index contributed by atoms with van der Waals surface area (Å²) in [5.74, 6) is -2.79. The van der Waals surface area contributed by atoms with Gasteiger partial charge in [-0.1, -0.05) is 23.5 Å². The number of nitrogens with zero attached hydrogens (tertiary/aromatic N) is 2. The lowest BCUT2D eigenvalue weighted by atomic mass is 10.8. The van der Waals surface area contributed by atoms with Crippen LogP contribution in [0.4, 0.5) is 0 Å². The highest BCUT2D eigenvalue weighted by atomic mass is 32.2. The van der Waals surface area contributed by atoms with E-state index in [4.69, 9.17) is 0 Å². The zero-order chi connectivity index (χ0) is 11.3. The number of carboxylic acids is 2. The first-order valence-electron chi connectivity index (χ1n) is 3.57. The number of carbonyl (C=O) groups excluding carboxylic acids is 2. The molecule has 0 saturated carbocycles. The van der Waals surface area contributed by atoms with Crippen molar-refractivity contribution in [2.75, 3.05) is 11.5 Å². The number of aromatic nitrogens is 2. The van der Waals surface area contributed by atoms with Crippen molar-refractivity contribution >= 4 is 47.0 Å². The van der Waals surface area contributed by atoms with Crippen LogP contribution in [0.15, 0.2) is 9.50 Å². The Kier molecular flexibility index (Phi) is 4.85. The van der Waals surface area contributed by atoms with Gasteiger partial charge in [0.15, 0.2) is 4.34 Å². The smallest absolute Gasteiger partial charge is 0.201 e. The van der Waals surface area contributed by atoms with Crippen LogP contribution in [0.5, 0.6) is 0 Å². The topological polar surface area (TPSA) is 106 Å². The summed E-state index contributed by atoms with van der Waals surface area (Å²) < 4.78 is 4.31. The predicted octanol–water partition coefficient (Wildman–Crippen LogP) is -1.78. The van der Waals surface area contributed by atoms with Gasteiger partial charge in [-0.15, -0.1) is 0 Å². The normalized spacial score (nSPS) is 10.1. The van der Waals surface area contributed by atoms with Gasteiger partial charge in [-0.05, 0) is 11.5 Å². The number of carboxylic acid groups (broad SMARTS) is 2. The fourth-order valence-electron chi connectivity index (χ4n) is 0.558. The van der Waals surface area contributed by atoms with E-state index in [1.807, 2.05) is 0 Å². The van der Waals surface area contributed by atoms with Crippen LogP contribution in [0.25, 0.3) is 0 Å². The van der Waals surface area contributed by atoms with Crippen LogP contribution in [-0.2, 0) is 9.59 Å². The van der Waals surface area contributed by atoms with Crippen LogP contribution < -0.4 is 10.2 Å². The first kappa shape index (κ1) is 12.3. The molecule has 1 aromatic heterocycles. The average Bonchev–Trinajstić information content (AvgIpc) is 2.59. The lowest BCUT2D eigenvalue weighted by Gasteiger charge is -1.97. The van der Waals surface area contributed by atoms with Gasteiger partial charge in [0, 0.05) is 11.5 Å². The van der Waals surface area contributed by atoms with Crippen molar-refractivity contribution in [2.45, 2.75) is 9.50 Å². The molecule has 0 aromatic carbocycles. The Morgan fingerprint density at radius 1 is 1.20 bits per heavy atom. The molecule has 82 valence electrons. The predicted molar refractivity (Wildman–Crippen MR) is 51.4 cm³/mol. The molecule has 0 radical (unpaired) electrons. The zero-order valence-corrected chi connectivity index (χ0v) is 9.62. The second-order valence-corrected chi connectivity index (χ2v) is 5.08. The highest BCUT2D eigenvalue weighted by molar-refractivity contribution is 8.01. The van der Waals surface area contributed by atoms with Gasteiger partial charge in [-0.3, -0.25) is 0 Å². The summed E-state index contributed by atoms with van der Waals surface area (Å²) in [5.41, 5.74) is 0. The third kappa shape index (κ3) is 5.00. The Morgan fingerprint density at radius 2 is 1.80 bits per heavy atom. The molecule has 0 N–H and O–H groups in total. The molecule has 15 heavy (non-hydrogen) atoms. The molecule has 0 aliphatic heterocycles. The molecule has 1 aromatic rings. The van der Waals surface area contributed by atoms with Crippen LogP contribution in [0.1, 0.15) is 0 Å². The second-order valence-electron chi connectivity index (χ2n) is 2.16. The van der Waals surface area contributed by atoms with Crippen molar-refractivity contribution in [3.8, 4) is 0 Å². The maximum Gasteiger partial charge on any atom is 0.201 e. The highest BCUT2D eigenvalue weighted by Gasteiger charge is 2.05. The van der Waals surface area contributed by atoms with Crippen molar-refractivity contribution < 1.29 is 19.8 Å². The number of thioether (sulfide) groups is 2. The number of aliphatic carboxylic acids is 2. The molecule has 0 bridgehead atoms. The van der Waals surface area contributed by atoms with Gasteiger partial charge in [-0.2, -0.15) is 4.37 Å². The van der Waals surface area contributed by atoms with Crippen molar-refractivity contribution in [3.05, 3.63) is 0 Å². The first-order chi connectivity index (χ1) is 7.08. The van der Waals surface area contributed by atoms with Crippen molar-refractivity contribution in [3.63, 3.8) is 0 Å². The molecule has 0 aliphatic rings. The molecular formula is C6H4N2O4S3-2. The van der Waals surface area contributed by atoms with Crippen LogP contribution in [0, 0.1) is 0 Å². The molecule has 1 heterocycles.